The van der Waals surface area contributed by atoms with Crippen LogP contribution in [-0.4, -0.2) is 36.8 Å². The number of carboxylic acids is 1. The van der Waals surface area contributed by atoms with Crippen LogP contribution in [0, 0.1) is 0 Å². The summed E-state index contributed by atoms with van der Waals surface area (Å²) in [4.78, 5) is 10.7. The zero-order valence-electron chi connectivity index (χ0n) is 8.27. The second-order valence-electron chi connectivity index (χ2n) is 2.92. The normalized spacial score (nSPS) is 10.8. The standard InChI is InChI=1S/C8H6N6O3/c15-6-2-1-4(3-5(6)7(16)17)9-10-8-11-13-14-12-8/h1-3,15H,(H,16,17)(H,11,12,13,14). The molecule has 9 nitrogen and oxygen atoms in total. The van der Waals surface area contributed by atoms with Crippen LogP contribution in [0.4, 0.5) is 11.6 Å². The van der Waals surface area contributed by atoms with Crippen LogP contribution < -0.4 is 0 Å². The number of nitrogens with zero attached hydrogens (tertiary/aromatic N) is 5. The van der Waals surface area contributed by atoms with E-state index < -0.39 is 5.97 Å². The first-order chi connectivity index (χ1) is 8.16. The molecule has 0 fully saturated rings. The first-order valence-electron chi connectivity index (χ1n) is 4.38. The molecule has 9 heteroatoms. The van der Waals surface area contributed by atoms with Gasteiger partial charge in [-0.1, -0.05) is 5.10 Å². The Bertz CT molecular complexity index is 565. The molecule has 2 rings (SSSR count). The maximum atomic E-state index is 10.7. The van der Waals surface area contributed by atoms with Crippen LogP contribution in [0.5, 0.6) is 5.75 Å². The molecule has 0 amide bonds. The van der Waals surface area contributed by atoms with E-state index in [9.17, 15) is 9.90 Å². The minimum absolute atomic E-state index is 0.0231. The van der Waals surface area contributed by atoms with E-state index in [1.54, 1.807) is 0 Å². The smallest absolute Gasteiger partial charge is 0.339 e. The lowest BCUT2D eigenvalue weighted by atomic mass is 10.2. The van der Waals surface area contributed by atoms with Crippen LogP contribution >= 0.6 is 0 Å². The molecule has 1 heterocycles. The molecule has 0 atom stereocenters. The van der Waals surface area contributed by atoms with Gasteiger partial charge >= 0.3 is 11.9 Å². The average Bonchev–Trinajstić information content (AvgIpc) is 2.80. The van der Waals surface area contributed by atoms with Gasteiger partial charge in [-0.25, -0.2) is 4.79 Å². The molecule has 0 saturated carbocycles. The van der Waals surface area contributed by atoms with Crippen LogP contribution in [0.3, 0.4) is 0 Å². The van der Waals surface area contributed by atoms with Gasteiger partial charge in [-0.15, -0.1) is 15.3 Å². The molecular weight excluding hydrogens is 228 g/mol. The minimum Gasteiger partial charge on any atom is -0.507 e. The first kappa shape index (κ1) is 10.7. The van der Waals surface area contributed by atoms with Crippen molar-refractivity contribution in [1.82, 2.24) is 20.6 Å². The van der Waals surface area contributed by atoms with Crippen molar-refractivity contribution in [1.29, 1.82) is 0 Å². The number of hydrogen-bond acceptors (Lipinski definition) is 7. The Kier molecular flexibility index (Phi) is 2.73. The third-order valence-corrected chi connectivity index (χ3v) is 1.80. The monoisotopic (exact) mass is 234 g/mol. The first-order valence-corrected chi connectivity index (χ1v) is 4.38. The number of aromatic nitrogens is 4. The fraction of sp³-hybridized carbons (Fsp3) is 0. The van der Waals surface area contributed by atoms with Crippen molar-refractivity contribution < 1.29 is 15.0 Å². The number of rotatable bonds is 3. The number of tetrazole rings is 1. The van der Waals surface area contributed by atoms with E-state index in [0.717, 1.165) is 0 Å². The summed E-state index contributed by atoms with van der Waals surface area (Å²) in [5.74, 6) is -1.56. The Labute approximate surface area is 93.8 Å². The highest BCUT2D eigenvalue weighted by atomic mass is 16.4. The fourth-order valence-electron chi connectivity index (χ4n) is 1.06. The molecule has 0 radical (unpaired) electrons. The summed E-state index contributed by atoms with van der Waals surface area (Å²) in [5, 5.41) is 37.9. The SMILES string of the molecule is O=C(O)c1cc(N=Nc2nn[nH]n2)ccc1O. The van der Waals surface area contributed by atoms with Gasteiger partial charge in [0.1, 0.15) is 11.3 Å². The molecule has 0 spiro atoms. The summed E-state index contributed by atoms with van der Waals surface area (Å²) in [6.45, 7) is 0. The zero-order chi connectivity index (χ0) is 12.3. The molecule has 86 valence electrons. The van der Waals surface area contributed by atoms with E-state index in [-0.39, 0.29) is 22.9 Å². The lowest BCUT2D eigenvalue weighted by molar-refractivity contribution is 0.0694. The number of carboxylic acid groups (broad SMARTS) is 1. The summed E-state index contributed by atoms with van der Waals surface area (Å²) in [6, 6.07) is 3.81. The van der Waals surface area contributed by atoms with Crippen molar-refractivity contribution >= 4 is 17.6 Å². The molecule has 1 aromatic carbocycles. The molecule has 2 aromatic rings. The number of carbonyl (C=O) groups is 1. The molecule has 1 aromatic heterocycles. The topological polar surface area (TPSA) is 137 Å². The lowest BCUT2D eigenvalue weighted by Gasteiger charge is -1.99. The van der Waals surface area contributed by atoms with E-state index in [1.165, 1.54) is 18.2 Å². The van der Waals surface area contributed by atoms with Gasteiger partial charge in [0, 0.05) is 0 Å². The Morgan fingerprint density at radius 3 is 2.82 bits per heavy atom. The van der Waals surface area contributed by atoms with Crippen LogP contribution in [0.15, 0.2) is 28.4 Å². The number of benzene rings is 1. The van der Waals surface area contributed by atoms with Gasteiger partial charge in [-0.2, -0.15) is 5.21 Å². The van der Waals surface area contributed by atoms with E-state index in [2.05, 4.69) is 30.9 Å². The third-order valence-electron chi connectivity index (χ3n) is 1.80. The molecule has 0 aliphatic heterocycles. The molecule has 3 N–H and O–H groups in total. The van der Waals surface area contributed by atoms with Gasteiger partial charge in [0.2, 0.25) is 0 Å². The summed E-state index contributed by atoms with van der Waals surface area (Å²) in [6.07, 6.45) is 0. The van der Waals surface area contributed by atoms with E-state index in [1.807, 2.05) is 0 Å². The van der Waals surface area contributed by atoms with E-state index >= 15 is 0 Å². The molecule has 0 unspecified atom stereocenters. The second-order valence-corrected chi connectivity index (χ2v) is 2.92. The van der Waals surface area contributed by atoms with Gasteiger partial charge in [-0.05, 0) is 23.4 Å². The highest BCUT2D eigenvalue weighted by Gasteiger charge is 2.09. The van der Waals surface area contributed by atoms with Gasteiger partial charge in [0.15, 0.2) is 0 Å². The second kappa shape index (κ2) is 4.35. The van der Waals surface area contributed by atoms with E-state index in [0.29, 0.717) is 0 Å². The van der Waals surface area contributed by atoms with Crippen LogP contribution in [-0.2, 0) is 0 Å². The van der Waals surface area contributed by atoms with Crippen molar-refractivity contribution in [2.75, 3.05) is 0 Å². The van der Waals surface area contributed by atoms with Gasteiger partial charge < -0.3 is 10.2 Å². The minimum atomic E-state index is -1.25. The van der Waals surface area contributed by atoms with Crippen LogP contribution in [0.1, 0.15) is 10.4 Å². The molecular formula is C8H6N6O3. The molecule has 0 aliphatic carbocycles. The van der Waals surface area contributed by atoms with Crippen molar-refractivity contribution in [2.45, 2.75) is 0 Å². The largest absolute Gasteiger partial charge is 0.507 e. The molecule has 0 aliphatic rings. The molecule has 17 heavy (non-hydrogen) atoms. The van der Waals surface area contributed by atoms with Gasteiger partial charge in [0.05, 0.1) is 5.69 Å². The van der Waals surface area contributed by atoms with E-state index in [4.69, 9.17) is 5.11 Å². The quantitative estimate of drug-likeness (QED) is 0.678. The Morgan fingerprint density at radius 2 is 2.18 bits per heavy atom. The molecule has 0 bridgehead atoms. The highest BCUT2D eigenvalue weighted by Crippen LogP contribution is 2.24. The van der Waals surface area contributed by atoms with Crippen LogP contribution in [0.2, 0.25) is 0 Å². The number of hydrogen-bond donors (Lipinski definition) is 3. The maximum Gasteiger partial charge on any atom is 0.339 e. The van der Waals surface area contributed by atoms with Crippen molar-refractivity contribution in [3.05, 3.63) is 23.8 Å². The number of H-pyrrole nitrogens is 1. The fourth-order valence-corrected chi connectivity index (χ4v) is 1.06. The third kappa shape index (κ3) is 2.40. The molecule has 0 saturated heterocycles. The van der Waals surface area contributed by atoms with Gasteiger partial charge in [0.25, 0.3) is 0 Å². The van der Waals surface area contributed by atoms with Crippen molar-refractivity contribution in [2.24, 2.45) is 10.2 Å². The number of aromatic amines is 1. The number of aromatic hydroxyl groups is 1. The Morgan fingerprint density at radius 1 is 1.35 bits per heavy atom. The summed E-state index contributed by atoms with van der Waals surface area (Å²) in [7, 11) is 0. The van der Waals surface area contributed by atoms with Gasteiger partial charge in [-0.3, -0.25) is 0 Å². The Hall–Kier alpha value is -2.84. The lowest BCUT2D eigenvalue weighted by Crippen LogP contribution is -1.95. The van der Waals surface area contributed by atoms with Crippen molar-refractivity contribution in [3.63, 3.8) is 0 Å². The van der Waals surface area contributed by atoms with Crippen LogP contribution in [0.25, 0.3) is 0 Å². The summed E-state index contributed by atoms with van der Waals surface area (Å²) < 4.78 is 0. The predicted octanol–water partition coefficient (Wildman–Crippen LogP) is 1.02. The highest BCUT2D eigenvalue weighted by molar-refractivity contribution is 5.91. The summed E-state index contributed by atoms with van der Waals surface area (Å²) in [5.41, 5.74) is -0.000406. The number of phenols is 1. The summed E-state index contributed by atoms with van der Waals surface area (Å²) >= 11 is 0. The average molecular weight is 234 g/mol. The maximum absolute atomic E-state index is 10.7. The Balaban J connectivity index is 2.28. The van der Waals surface area contributed by atoms with Crippen molar-refractivity contribution in [3.8, 4) is 5.75 Å². The zero-order valence-corrected chi connectivity index (χ0v) is 8.27. The number of azo groups is 1. The number of nitrogens with one attached hydrogen (secondary N) is 1. The number of aromatic carboxylic acids is 1. The predicted molar refractivity (Wildman–Crippen MR) is 53.4 cm³/mol.